The van der Waals surface area contributed by atoms with E-state index in [1.54, 1.807) is 38.1 Å². The van der Waals surface area contributed by atoms with Crippen LogP contribution in [0.3, 0.4) is 0 Å². The summed E-state index contributed by atoms with van der Waals surface area (Å²) in [5.74, 6) is 0. The van der Waals surface area contributed by atoms with E-state index in [9.17, 15) is 34.5 Å². The van der Waals surface area contributed by atoms with Crippen molar-refractivity contribution in [3.8, 4) is 0 Å². The summed E-state index contributed by atoms with van der Waals surface area (Å²) in [6, 6.07) is 31.2. The first kappa shape index (κ1) is 40.2. The summed E-state index contributed by atoms with van der Waals surface area (Å²) in [6.45, 7) is 0. The van der Waals surface area contributed by atoms with Crippen molar-refractivity contribution in [2.45, 2.75) is 6.23 Å². The van der Waals surface area contributed by atoms with Gasteiger partial charge in [0.25, 0.3) is 0 Å². The number of aromatic nitrogens is 4. The van der Waals surface area contributed by atoms with Crippen LogP contribution in [0.5, 0.6) is 0 Å². The smallest absolute Gasteiger partial charge is 0.653 e. The van der Waals surface area contributed by atoms with Crippen LogP contribution in [0, 0.1) is 0 Å². The van der Waals surface area contributed by atoms with Crippen molar-refractivity contribution in [2.75, 3.05) is 7.11 Å². The molecule has 256 valence electrons. The van der Waals surface area contributed by atoms with Crippen LogP contribution in [0.15, 0.2) is 127 Å². The van der Waals surface area contributed by atoms with E-state index in [-0.39, 0.29) is 16.8 Å². The molecule has 0 amide bonds. The molecule has 6 rings (SSSR count). The van der Waals surface area contributed by atoms with E-state index in [2.05, 4.69) is 30.2 Å². The molecule has 0 fully saturated rings. The molecular formula is C31H25B2CoF8N6O. The van der Waals surface area contributed by atoms with E-state index in [1.807, 2.05) is 97.1 Å². The van der Waals surface area contributed by atoms with Gasteiger partial charge in [-0.25, -0.2) is 0 Å². The Morgan fingerprint density at radius 1 is 0.612 bits per heavy atom. The monoisotopic (exact) mass is 730 g/mol. The third-order valence-electron chi connectivity index (χ3n) is 5.67. The summed E-state index contributed by atoms with van der Waals surface area (Å²) in [7, 11) is -10.4. The molecule has 7 nitrogen and oxygen atoms in total. The van der Waals surface area contributed by atoms with Crippen LogP contribution >= 0.6 is 0 Å². The van der Waals surface area contributed by atoms with Gasteiger partial charge in [0.05, 0.1) is 34.3 Å². The van der Waals surface area contributed by atoms with Crippen LogP contribution in [0.4, 0.5) is 45.9 Å². The average Bonchev–Trinajstić information content (AvgIpc) is 3.06. The van der Waals surface area contributed by atoms with Crippen molar-refractivity contribution >= 4 is 53.9 Å². The predicted octanol–water partition coefficient (Wildman–Crippen LogP) is 9.96. The zero-order chi connectivity index (χ0) is 35.0. The maximum atomic E-state index is 9.75. The molecule has 0 aliphatic heterocycles. The number of pyridine rings is 4. The molecule has 49 heavy (non-hydrogen) atoms. The number of hydrogen-bond donors (Lipinski definition) is 0. The molecule has 4 aromatic heterocycles. The Hall–Kier alpha value is -4.93. The van der Waals surface area contributed by atoms with Gasteiger partial charge >= 0.3 is 31.3 Å². The first-order chi connectivity index (χ1) is 22.8. The Balaban J connectivity index is 0.000000264. The molecule has 2 aromatic carbocycles. The molecule has 18 heteroatoms. The summed E-state index contributed by atoms with van der Waals surface area (Å²) in [6.07, 6.45) is 8.36. The van der Waals surface area contributed by atoms with Crippen molar-refractivity contribution in [3.63, 3.8) is 0 Å². The fourth-order valence-corrected chi connectivity index (χ4v) is 3.86. The predicted molar refractivity (Wildman–Crippen MR) is 172 cm³/mol. The van der Waals surface area contributed by atoms with Gasteiger partial charge < -0.3 is 44.6 Å². The van der Waals surface area contributed by atoms with Crippen molar-refractivity contribution < 1.29 is 56.0 Å². The van der Waals surface area contributed by atoms with Crippen LogP contribution in [0.25, 0.3) is 27.1 Å². The number of halogens is 8. The minimum atomic E-state index is -6.00. The van der Waals surface area contributed by atoms with Crippen LogP contribution < -0.4 is 0 Å². The second-order valence-corrected chi connectivity index (χ2v) is 9.18. The third kappa shape index (κ3) is 15.7. The summed E-state index contributed by atoms with van der Waals surface area (Å²) < 4.78 is 83.4. The zero-order valence-electron chi connectivity index (χ0n) is 25.3. The number of methoxy groups -OCH3 is 1. The van der Waals surface area contributed by atoms with E-state index >= 15 is 0 Å². The van der Waals surface area contributed by atoms with Gasteiger partial charge in [0, 0.05) is 43.5 Å². The molecule has 1 atom stereocenters. The fraction of sp³-hybridized carbons (Fsp3) is 0.0645. The summed E-state index contributed by atoms with van der Waals surface area (Å²) in [5, 5.41) is 6.78. The Kier molecular flexibility index (Phi) is 16.2. The number of nitrogens with zero attached hydrogens (tertiary/aromatic N) is 6. The van der Waals surface area contributed by atoms with Gasteiger partial charge in [-0.1, -0.05) is 54.6 Å². The molecule has 0 aliphatic rings. The van der Waals surface area contributed by atoms with Gasteiger partial charge in [-0.15, -0.1) is 5.69 Å². The topological polar surface area (TPSA) is 87.3 Å². The molecule has 0 spiro atoms. The van der Waals surface area contributed by atoms with E-state index < -0.39 is 20.7 Å². The Labute approximate surface area is 286 Å². The van der Waals surface area contributed by atoms with Crippen molar-refractivity contribution in [2.24, 2.45) is 4.99 Å². The van der Waals surface area contributed by atoms with Crippen molar-refractivity contribution in [1.82, 2.24) is 19.9 Å². The molecule has 6 aromatic rings. The fourth-order valence-electron chi connectivity index (χ4n) is 3.86. The first-order valence-electron chi connectivity index (χ1n) is 13.8. The molecule has 4 heterocycles. The minimum absolute atomic E-state index is 0. The molecule has 0 saturated heterocycles. The van der Waals surface area contributed by atoms with Crippen LogP contribution in [0.2, 0.25) is 0 Å². The largest absolute Gasteiger partial charge is 3.00 e. The Morgan fingerprint density at radius 2 is 1.12 bits per heavy atom. The number of benzene rings is 2. The number of rotatable bonds is 6. The Morgan fingerprint density at radius 3 is 1.67 bits per heavy atom. The average molecular weight is 730 g/mol. The third-order valence-corrected chi connectivity index (χ3v) is 5.67. The van der Waals surface area contributed by atoms with Crippen molar-refractivity contribution in [3.05, 3.63) is 139 Å². The van der Waals surface area contributed by atoms with Gasteiger partial charge in [0.2, 0.25) is 0 Å². The number of fused-ring (bicyclic) bond motifs is 2. The van der Waals surface area contributed by atoms with Gasteiger partial charge in [0.15, 0.2) is 0 Å². The quantitative estimate of drug-likeness (QED) is 0.0968. The number of aliphatic imine (C=N–C) groups is 1. The number of hydrogen-bond acceptors (Lipinski definition) is 6. The van der Waals surface area contributed by atoms with Crippen LogP contribution in [-0.4, -0.2) is 47.8 Å². The van der Waals surface area contributed by atoms with Gasteiger partial charge in [0.1, 0.15) is 0 Å². The maximum absolute atomic E-state index is 9.75. The first-order valence-corrected chi connectivity index (χ1v) is 13.8. The van der Waals surface area contributed by atoms with E-state index in [1.165, 1.54) is 0 Å². The van der Waals surface area contributed by atoms with Crippen LogP contribution in [0.1, 0.15) is 17.6 Å². The molecule has 0 bridgehead atoms. The summed E-state index contributed by atoms with van der Waals surface area (Å²) in [5.41, 5.74) is 5.06. The summed E-state index contributed by atoms with van der Waals surface area (Å²) in [4.78, 5) is 21.7. The SMILES string of the molecule is C(=Nc1cccc2cccnc12)c1ccccn1.CO[C@H]([N-]c1cccc2cccnc12)c1ccccn1.F[B-](F)(F)F.F[B-](F)(F)F.[Co+3]. The molecule has 0 radical (unpaired) electrons. The number of para-hydroxylation sites is 2. The van der Waals surface area contributed by atoms with Gasteiger partial charge in [-0.2, -0.15) is 0 Å². The van der Waals surface area contributed by atoms with Crippen LogP contribution in [-0.2, 0) is 21.5 Å². The second-order valence-electron chi connectivity index (χ2n) is 9.18. The molecule has 0 N–H and O–H groups in total. The zero-order valence-corrected chi connectivity index (χ0v) is 26.3. The van der Waals surface area contributed by atoms with E-state index in [0.29, 0.717) is 0 Å². The van der Waals surface area contributed by atoms with Gasteiger partial charge in [-0.05, 0) is 47.9 Å². The standard InChI is InChI=1S/C16H14N3O.C15H11N3.2BF4.Co/c1-20-16(14-8-2-3-10-17-14)19-13-9-4-6-12-7-5-11-18-15(12)13;1-2-9-16-13(7-1)11-18-14-8-3-5-12-6-4-10-17-15(12)14;2*2-1(3,4)5;/h2-11,16H,1H3;1-11H;;;/q-1;;2*-1;+3/t16-;;;;/m0..../s1. The number of ether oxygens (including phenoxy) is 1. The molecule has 0 saturated carbocycles. The normalized spacial score (nSPS) is 11.5. The molecular weight excluding hydrogens is 705 g/mol. The second kappa shape index (κ2) is 19.8. The van der Waals surface area contributed by atoms with Crippen molar-refractivity contribution in [1.29, 1.82) is 0 Å². The maximum Gasteiger partial charge on any atom is 3.00 e. The minimum Gasteiger partial charge on any atom is -0.653 e. The van der Waals surface area contributed by atoms with Gasteiger partial charge in [-0.3, -0.25) is 24.9 Å². The summed E-state index contributed by atoms with van der Waals surface area (Å²) >= 11 is 0. The van der Waals surface area contributed by atoms with E-state index in [0.717, 1.165) is 44.6 Å². The van der Waals surface area contributed by atoms with E-state index in [4.69, 9.17) is 4.74 Å². The molecule has 0 unspecified atom stereocenters. The Bertz CT molecular complexity index is 1840. The molecule has 0 aliphatic carbocycles.